The highest BCUT2D eigenvalue weighted by Crippen LogP contribution is 2.36. The standard InChI is InChI=1S/C25H32F3N3O3S/c26-19-7-6-17-18(16-31(24(17)34)20-8-9-21(32)29-23(20)33)22(19)35-15-5-3-1-2-4-12-30-13-10-25(27,28)11-14-30/h6-7,20H,1-5,8-16H2,(H,29,32,33). The normalized spacial score (nSPS) is 22.4. The molecule has 0 spiro atoms. The van der Waals surface area contributed by atoms with E-state index in [0.29, 0.717) is 29.1 Å². The van der Waals surface area contributed by atoms with Gasteiger partial charge in [-0.2, -0.15) is 0 Å². The number of thioether (sulfide) groups is 1. The van der Waals surface area contributed by atoms with Crippen molar-refractivity contribution in [3.63, 3.8) is 0 Å². The Hall–Kier alpha value is -2.07. The summed E-state index contributed by atoms with van der Waals surface area (Å²) in [5.74, 6) is -3.25. The maximum absolute atomic E-state index is 14.6. The summed E-state index contributed by atoms with van der Waals surface area (Å²) in [6.45, 7) is 1.98. The van der Waals surface area contributed by atoms with Crippen LogP contribution >= 0.6 is 11.8 Å². The van der Waals surface area contributed by atoms with E-state index in [-0.39, 0.29) is 49.9 Å². The van der Waals surface area contributed by atoms with Crippen LogP contribution in [-0.4, -0.2) is 64.9 Å². The summed E-state index contributed by atoms with van der Waals surface area (Å²) in [5.41, 5.74) is 1.05. The number of halogens is 3. The molecule has 0 radical (unpaired) electrons. The maximum atomic E-state index is 14.6. The number of nitrogens with zero attached hydrogens (tertiary/aromatic N) is 2. The molecule has 1 unspecified atom stereocenters. The fourth-order valence-corrected chi connectivity index (χ4v) is 6.09. The number of carbonyl (C=O) groups excluding carboxylic acids is 3. The molecule has 1 aromatic carbocycles. The highest BCUT2D eigenvalue weighted by atomic mass is 32.2. The van der Waals surface area contributed by atoms with Gasteiger partial charge in [-0.05, 0) is 43.7 Å². The lowest BCUT2D eigenvalue weighted by molar-refractivity contribution is -0.136. The number of alkyl halides is 2. The molecule has 3 heterocycles. The van der Waals surface area contributed by atoms with Crippen LogP contribution in [-0.2, 0) is 16.1 Å². The lowest BCUT2D eigenvalue weighted by Crippen LogP contribution is -2.52. The Morgan fingerprint density at radius 2 is 1.74 bits per heavy atom. The second kappa shape index (κ2) is 11.3. The van der Waals surface area contributed by atoms with Gasteiger partial charge in [0.15, 0.2) is 0 Å². The van der Waals surface area contributed by atoms with Crippen LogP contribution in [0.4, 0.5) is 13.2 Å². The van der Waals surface area contributed by atoms with Crippen LogP contribution in [0.3, 0.4) is 0 Å². The molecule has 6 nitrogen and oxygen atoms in total. The molecule has 1 N–H and O–H groups in total. The largest absolute Gasteiger partial charge is 0.322 e. The predicted octanol–water partition coefficient (Wildman–Crippen LogP) is 4.36. The van der Waals surface area contributed by atoms with Gasteiger partial charge in [0, 0.05) is 54.9 Å². The molecule has 2 fully saturated rings. The molecular formula is C25H32F3N3O3S. The first-order chi connectivity index (χ1) is 16.7. The van der Waals surface area contributed by atoms with Crippen LogP contribution in [0.25, 0.3) is 0 Å². The van der Waals surface area contributed by atoms with Crippen molar-refractivity contribution in [1.82, 2.24) is 15.1 Å². The van der Waals surface area contributed by atoms with Crippen molar-refractivity contribution in [1.29, 1.82) is 0 Å². The summed E-state index contributed by atoms with van der Waals surface area (Å²) < 4.78 is 41.1. The summed E-state index contributed by atoms with van der Waals surface area (Å²) in [4.78, 5) is 40.6. The maximum Gasteiger partial charge on any atom is 0.255 e. The second-order valence-electron chi connectivity index (χ2n) is 9.62. The number of hydrogen-bond donors (Lipinski definition) is 1. The van der Waals surface area contributed by atoms with Crippen LogP contribution in [0.5, 0.6) is 0 Å². The molecule has 35 heavy (non-hydrogen) atoms. The molecule has 0 aromatic heterocycles. The van der Waals surface area contributed by atoms with Gasteiger partial charge < -0.3 is 9.80 Å². The van der Waals surface area contributed by atoms with Crippen LogP contribution in [0, 0.1) is 5.82 Å². The van der Waals surface area contributed by atoms with Gasteiger partial charge in [0.25, 0.3) is 11.8 Å². The van der Waals surface area contributed by atoms with Gasteiger partial charge in [0.1, 0.15) is 11.9 Å². The molecule has 3 amide bonds. The number of rotatable bonds is 10. The average molecular weight is 512 g/mol. The number of imide groups is 1. The molecule has 3 aliphatic rings. The first kappa shape index (κ1) is 26.0. The van der Waals surface area contributed by atoms with E-state index in [2.05, 4.69) is 10.2 Å². The number of carbonyl (C=O) groups is 3. The summed E-state index contributed by atoms with van der Waals surface area (Å²) in [5, 5.41) is 2.28. The van der Waals surface area contributed by atoms with Crippen LogP contribution in [0.1, 0.15) is 73.7 Å². The van der Waals surface area contributed by atoms with E-state index in [1.54, 1.807) is 0 Å². The van der Waals surface area contributed by atoms with E-state index in [4.69, 9.17) is 0 Å². The van der Waals surface area contributed by atoms with E-state index in [0.717, 1.165) is 44.4 Å². The molecule has 0 aliphatic carbocycles. The zero-order valence-electron chi connectivity index (χ0n) is 19.8. The van der Waals surface area contributed by atoms with Crippen molar-refractivity contribution in [3.8, 4) is 0 Å². The van der Waals surface area contributed by atoms with Crippen LogP contribution in [0.15, 0.2) is 17.0 Å². The number of unbranched alkanes of at least 4 members (excludes halogenated alkanes) is 4. The number of amides is 3. The molecule has 0 saturated carbocycles. The third kappa shape index (κ3) is 6.39. The molecule has 2 saturated heterocycles. The molecule has 3 aliphatic heterocycles. The van der Waals surface area contributed by atoms with Crippen LogP contribution in [0.2, 0.25) is 0 Å². The van der Waals surface area contributed by atoms with Crippen LogP contribution < -0.4 is 5.32 Å². The third-order valence-corrected chi connectivity index (χ3v) is 8.29. The topological polar surface area (TPSA) is 69.7 Å². The van der Waals surface area contributed by atoms with Crippen molar-refractivity contribution in [2.75, 3.05) is 25.4 Å². The van der Waals surface area contributed by atoms with Gasteiger partial charge in [0.2, 0.25) is 11.8 Å². The lowest BCUT2D eigenvalue weighted by atomic mass is 10.0. The fourth-order valence-electron chi connectivity index (χ4n) is 4.99. The minimum absolute atomic E-state index is 0.0408. The Bertz CT molecular complexity index is 965. The van der Waals surface area contributed by atoms with Crippen molar-refractivity contribution >= 4 is 29.5 Å². The van der Waals surface area contributed by atoms with Gasteiger partial charge in [-0.25, -0.2) is 13.2 Å². The third-order valence-electron chi connectivity index (χ3n) is 7.07. The number of hydrogen-bond acceptors (Lipinski definition) is 5. The van der Waals surface area contributed by atoms with Gasteiger partial charge in [-0.1, -0.05) is 19.3 Å². The average Bonchev–Trinajstić information content (AvgIpc) is 3.14. The van der Waals surface area contributed by atoms with Crippen molar-refractivity contribution in [3.05, 3.63) is 29.1 Å². The minimum Gasteiger partial charge on any atom is -0.322 e. The monoisotopic (exact) mass is 511 g/mol. The number of fused-ring (bicyclic) bond motifs is 1. The van der Waals surface area contributed by atoms with Gasteiger partial charge >= 0.3 is 0 Å². The fraction of sp³-hybridized carbons (Fsp3) is 0.640. The Balaban J connectivity index is 1.20. The molecule has 10 heteroatoms. The van der Waals surface area contributed by atoms with E-state index >= 15 is 0 Å². The number of piperidine rings is 2. The SMILES string of the molecule is O=C1CCC(N2Cc3c(ccc(F)c3SCCCCCCCN3CCC(F)(F)CC3)C2=O)C(=O)N1. The summed E-state index contributed by atoms with van der Waals surface area (Å²) in [6, 6.07) is 2.07. The minimum atomic E-state index is -2.50. The van der Waals surface area contributed by atoms with Crippen molar-refractivity contribution in [2.24, 2.45) is 0 Å². The molecule has 0 bridgehead atoms. The second-order valence-corrected chi connectivity index (χ2v) is 10.7. The first-order valence-corrected chi connectivity index (χ1v) is 13.4. The number of likely N-dealkylation sites (tertiary alicyclic amines) is 1. The Morgan fingerprint density at radius 3 is 2.49 bits per heavy atom. The number of benzene rings is 1. The Labute approximate surface area is 208 Å². The quantitative estimate of drug-likeness (QED) is 0.287. The zero-order valence-corrected chi connectivity index (χ0v) is 20.6. The summed E-state index contributed by atoms with van der Waals surface area (Å²) in [7, 11) is 0. The molecule has 1 aromatic rings. The van der Waals surface area contributed by atoms with E-state index in [9.17, 15) is 27.6 Å². The lowest BCUT2D eigenvalue weighted by Gasteiger charge is -2.31. The molecular weight excluding hydrogens is 479 g/mol. The molecule has 1 atom stereocenters. The van der Waals surface area contributed by atoms with Gasteiger partial charge in [-0.3, -0.25) is 19.7 Å². The number of nitrogens with one attached hydrogen (secondary N) is 1. The predicted molar refractivity (Wildman–Crippen MR) is 127 cm³/mol. The summed E-state index contributed by atoms with van der Waals surface area (Å²) >= 11 is 1.40. The van der Waals surface area contributed by atoms with Crippen molar-refractivity contribution in [2.45, 2.75) is 81.2 Å². The summed E-state index contributed by atoms with van der Waals surface area (Å²) in [6.07, 6.45) is 5.38. The first-order valence-electron chi connectivity index (χ1n) is 12.4. The smallest absolute Gasteiger partial charge is 0.255 e. The highest BCUT2D eigenvalue weighted by Gasteiger charge is 2.40. The molecule has 192 valence electrons. The Kier molecular flexibility index (Phi) is 8.42. The van der Waals surface area contributed by atoms with E-state index < -0.39 is 17.9 Å². The van der Waals surface area contributed by atoms with Gasteiger partial charge in [0.05, 0.1) is 0 Å². The van der Waals surface area contributed by atoms with Crippen molar-refractivity contribution < 1.29 is 27.6 Å². The van der Waals surface area contributed by atoms with Gasteiger partial charge in [-0.15, -0.1) is 11.8 Å². The highest BCUT2D eigenvalue weighted by molar-refractivity contribution is 7.99. The Morgan fingerprint density at radius 1 is 1.03 bits per heavy atom. The zero-order chi connectivity index (χ0) is 25.0. The van der Waals surface area contributed by atoms with E-state index in [1.165, 1.54) is 28.8 Å². The van der Waals surface area contributed by atoms with E-state index in [1.807, 2.05) is 0 Å². The molecule has 4 rings (SSSR count).